The summed E-state index contributed by atoms with van der Waals surface area (Å²) in [6.45, 7) is 4.95. The molecule has 0 spiro atoms. The van der Waals surface area contributed by atoms with Crippen LogP contribution in [0.1, 0.15) is 38.7 Å². The third kappa shape index (κ3) is 11.1. The van der Waals surface area contributed by atoms with Crippen molar-refractivity contribution < 1.29 is 33.7 Å². The quantitative estimate of drug-likeness (QED) is 0.401. The van der Waals surface area contributed by atoms with Crippen LogP contribution in [0.5, 0.6) is 0 Å². The highest BCUT2D eigenvalue weighted by atomic mass is 16.7. The van der Waals surface area contributed by atoms with E-state index in [1.54, 1.807) is 12.1 Å². The minimum absolute atomic E-state index is 0.0460. The van der Waals surface area contributed by atoms with E-state index in [1.807, 2.05) is 32.0 Å². The monoisotopic (exact) mass is 410 g/mol. The predicted molar refractivity (Wildman–Crippen MR) is 105 cm³/mol. The van der Waals surface area contributed by atoms with Gasteiger partial charge in [0.2, 0.25) is 5.91 Å². The third-order valence-electron chi connectivity index (χ3n) is 3.85. The van der Waals surface area contributed by atoms with Crippen molar-refractivity contribution in [3.8, 4) is 0 Å². The molecule has 0 aliphatic carbocycles. The molecule has 0 saturated heterocycles. The normalized spacial score (nSPS) is 11.7. The number of ether oxygens (including phenoxy) is 3. The van der Waals surface area contributed by atoms with E-state index < -0.39 is 30.3 Å². The summed E-state index contributed by atoms with van der Waals surface area (Å²) in [5.74, 6) is -1.55. The molecule has 0 heterocycles. The molecule has 1 atom stereocenters. The first-order valence-corrected chi connectivity index (χ1v) is 9.66. The summed E-state index contributed by atoms with van der Waals surface area (Å²) in [5.41, 5.74) is 0.798. The number of carboxylic acid groups (broad SMARTS) is 1. The second-order valence-corrected chi connectivity index (χ2v) is 6.11. The number of amides is 2. The molecule has 9 heteroatoms. The summed E-state index contributed by atoms with van der Waals surface area (Å²) in [7, 11) is 0. The molecule has 2 amide bonds. The Morgan fingerprint density at radius 2 is 1.69 bits per heavy atom. The van der Waals surface area contributed by atoms with Crippen molar-refractivity contribution in [2.45, 2.75) is 52.0 Å². The third-order valence-corrected chi connectivity index (χ3v) is 3.85. The van der Waals surface area contributed by atoms with Crippen LogP contribution in [-0.4, -0.2) is 55.2 Å². The van der Waals surface area contributed by atoms with Crippen LogP contribution in [0.15, 0.2) is 30.3 Å². The zero-order chi connectivity index (χ0) is 21.5. The average molecular weight is 410 g/mol. The minimum atomic E-state index is -1.06. The van der Waals surface area contributed by atoms with Crippen molar-refractivity contribution in [2.24, 2.45) is 0 Å². The zero-order valence-corrected chi connectivity index (χ0v) is 16.9. The molecular formula is C20H30N2O7. The molecule has 0 saturated carbocycles. The van der Waals surface area contributed by atoms with Gasteiger partial charge in [-0.3, -0.25) is 9.59 Å². The van der Waals surface area contributed by atoms with E-state index >= 15 is 0 Å². The number of hydrogen-bond donors (Lipinski definition) is 3. The topological polar surface area (TPSA) is 123 Å². The molecular weight excluding hydrogens is 380 g/mol. The van der Waals surface area contributed by atoms with E-state index in [1.165, 1.54) is 0 Å². The van der Waals surface area contributed by atoms with Crippen LogP contribution >= 0.6 is 0 Å². The van der Waals surface area contributed by atoms with Crippen LogP contribution in [0.25, 0.3) is 0 Å². The smallest absolute Gasteiger partial charge is 0.408 e. The van der Waals surface area contributed by atoms with E-state index in [4.69, 9.17) is 19.3 Å². The Kier molecular flexibility index (Phi) is 12.1. The summed E-state index contributed by atoms with van der Waals surface area (Å²) in [6, 6.07) is 8.06. The van der Waals surface area contributed by atoms with Crippen molar-refractivity contribution in [2.75, 3.05) is 19.8 Å². The van der Waals surface area contributed by atoms with E-state index in [-0.39, 0.29) is 26.0 Å². The van der Waals surface area contributed by atoms with Gasteiger partial charge in [0.25, 0.3) is 0 Å². The second kappa shape index (κ2) is 14.4. The zero-order valence-electron chi connectivity index (χ0n) is 16.9. The lowest BCUT2D eigenvalue weighted by atomic mass is 10.1. The molecule has 1 aromatic rings. The number of carbonyl (C=O) groups is 3. The number of benzene rings is 1. The molecule has 9 nitrogen and oxygen atoms in total. The molecule has 1 rings (SSSR count). The first-order chi connectivity index (χ1) is 14.0. The van der Waals surface area contributed by atoms with Gasteiger partial charge in [-0.1, -0.05) is 30.3 Å². The molecule has 0 fully saturated rings. The maximum Gasteiger partial charge on any atom is 0.408 e. The first kappa shape index (κ1) is 24.4. The number of carboxylic acids is 1. The maximum absolute atomic E-state index is 12.4. The van der Waals surface area contributed by atoms with E-state index in [0.717, 1.165) is 5.56 Å². The van der Waals surface area contributed by atoms with Crippen LogP contribution in [0.3, 0.4) is 0 Å². The van der Waals surface area contributed by atoms with Crippen LogP contribution < -0.4 is 10.6 Å². The molecule has 29 heavy (non-hydrogen) atoms. The summed E-state index contributed by atoms with van der Waals surface area (Å²) >= 11 is 0. The largest absolute Gasteiger partial charge is 0.481 e. The molecule has 162 valence electrons. The Morgan fingerprint density at radius 1 is 1.03 bits per heavy atom. The Morgan fingerprint density at radius 3 is 2.28 bits per heavy atom. The first-order valence-electron chi connectivity index (χ1n) is 9.66. The average Bonchev–Trinajstić information content (AvgIpc) is 2.70. The number of hydrogen-bond acceptors (Lipinski definition) is 6. The van der Waals surface area contributed by atoms with Gasteiger partial charge in [0.05, 0.1) is 0 Å². The Hall–Kier alpha value is -2.65. The predicted octanol–water partition coefficient (Wildman–Crippen LogP) is 2.05. The highest BCUT2D eigenvalue weighted by Gasteiger charge is 2.22. The maximum atomic E-state index is 12.4. The van der Waals surface area contributed by atoms with E-state index in [0.29, 0.717) is 19.6 Å². The van der Waals surface area contributed by atoms with Gasteiger partial charge in [-0.05, 0) is 25.8 Å². The van der Waals surface area contributed by atoms with Gasteiger partial charge in [-0.15, -0.1) is 0 Å². The van der Waals surface area contributed by atoms with Gasteiger partial charge in [0.15, 0.2) is 6.29 Å². The molecule has 0 bridgehead atoms. The van der Waals surface area contributed by atoms with Crippen LogP contribution in [0.4, 0.5) is 4.79 Å². The summed E-state index contributed by atoms with van der Waals surface area (Å²) in [4.78, 5) is 35.3. The fraction of sp³-hybridized carbons (Fsp3) is 0.550. The molecule has 0 radical (unpaired) electrons. The SMILES string of the molecule is CCOC(CCNC(=O)[C@H](CCC(=O)O)NC(=O)OCc1ccccc1)OCC. The molecule has 0 unspecified atom stereocenters. The lowest BCUT2D eigenvalue weighted by Gasteiger charge is -2.20. The lowest BCUT2D eigenvalue weighted by Crippen LogP contribution is -2.47. The minimum Gasteiger partial charge on any atom is -0.481 e. The second-order valence-electron chi connectivity index (χ2n) is 6.11. The fourth-order valence-corrected chi connectivity index (χ4v) is 2.47. The highest BCUT2D eigenvalue weighted by molar-refractivity contribution is 5.86. The number of carbonyl (C=O) groups excluding carboxylic acids is 2. The van der Waals surface area contributed by atoms with Crippen LogP contribution in [0.2, 0.25) is 0 Å². The molecule has 3 N–H and O–H groups in total. The Labute approximate surface area is 170 Å². The molecule has 0 aliphatic heterocycles. The fourth-order valence-electron chi connectivity index (χ4n) is 2.47. The highest BCUT2D eigenvalue weighted by Crippen LogP contribution is 2.04. The number of aliphatic carboxylic acids is 1. The molecule has 0 aliphatic rings. The van der Waals surface area contributed by atoms with Crippen LogP contribution in [-0.2, 0) is 30.4 Å². The Bertz CT molecular complexity index is 619. The van der Waals surface area contributed by atoms with Crippen molar-refractivity contribution in [1.82, 2.24) is 10.6 Å². The molecule has 1 aromatic carbocycles. The van der Waals surface area contributed by atoms with Gasteiger partial charge in [0, 0.05) is 32.6 Å². The summed E-state index contributed by atoms with van der Waals surface area (Å²) in [5, 5.41) is 14.0. The Balaban J connectivity index is 2.52. The summed E-state index contributed by atoms with van der Waals surface area (Å²) in [6.07, 6.45) is -1.12. The van der Waals surface area contributed by atoms with Gasteiger partial charge in [-0.2, -0.15) is 0 Å². The van der Waals surface area contributed by atoms with E-state index in [2.05, 4.69) is 10.6 Å². The lowest BCUT2D eigenvalue weighted by molar-refractivity contribution is -0.140. The van der Waals surface area contributed by atoms with Crippen molar-refractivity contribution in [1.29, 1.82) is 0 Å². The van der Waals surface area contributed by atoms with Gasteiger partial charge < -0.3 is 30.0 Å². The standard InChI is InChI=1S/C20H30N2O7/c1-3-27-18(28-4-2)12-13-21-19(25)16(10-11-17(23)24)22-20(26)29-14-15-8-6-5-7-9-15/h5-9,16,18H,3-4,10-14H2,1-2H3,(H,21,25)(H,22,26)(H,23,24)/t16-/m0/s1. The van der Waals surface area contributed by atoms with Crippen molar-refractivity contribution in [3.63, 3.8) is 0 Å². The van der Waals surface area contributed by atoms with Gasteiger partial charge in [-0.25, -0.2) is 4.79 Å². The number of nitrogens with one attached hydrogen (secondary N) is 2. The van der Waals surface area contributed by atoms with Gasteiger partial charge in [0.1, 0.15) is 12.6 Å². The van der Waals surface area contributed by atoms with Crippen molar-refractivity contribution in [3.05, 3.63) is 35.9 Å². The summed E-state index contributed by atoms with van der Waals surface area (Å²) < 4.78 is 15.9. The number of rotatable bonds is 14. The van der Waals surface area contributed by atoms with Gasteiger partial charge >= 0.3 is 12.1 Å². The van der Waals surface area contributed by atoms with E-state index in [9.17, 15) is 14.4 Å². The van der Waals surface area contributed by atoms with Crippen molar-refractivity contribution >= 4 is 18.0 Å². The number of alkyl carbamates (subject to hydrolysis) is 1. The molecule has 0 aromatic heterocycles. The van der Waals surface area contributed by atoms with Crippen LogP contribution in [0, 0.1) is 0 Å².